The van der Waals surface area contributed by atoms with Crippen LogP contribution in [0.3, 0.4) is 0 Å². The van der Waals surface area contributed by atoms with E-state index in [1.165, 1.54) is 0 Å². The molecule has 0 saturated heterocycles. The van der Waals surface area contributed by atoms with Crippen LogP contribution in [0, 0.1) is 0 Å². The van der Waals surface area contributed by atoms with Crippen molar-refractivity contribution >= 4 is 11.9 Å². The second kappa shape index (κ2) is 4.59. The Labute approximate surface area is 105 Å². The SMILES string of the molecule is CC(C)(C)c1nc(N)nc(NCc2ccno2)n1. The minimum atomic E-state index is -0.181. The predicted molar refractivity (Wildman–Crippen MR) is 66.8 cm³/mol. The molecule has 7 heteroatoms. The van der Waals surface area contributed by atoms with Gasteiger partial charge in [-0.25, -0.2) is 0 Å². The van der Waals surface area contributed by atoms with Gasteiger partial charge in [0.1, 0.15) is 5.82 Å². The third kappa shape index (κ3) is 2.93. The van der Waals surface area contributed by atoms with Crippen molar-refractivity contribution in [2.45, 2.75) is 32.7 Å². The Kier molecular flexibility index (Phi) is 3.14. The van der Waals surface area contributed by atoms with Crippen LogP contribution in [0.5, 0.6) is 0 Å². The van der Waals surface area contributed by atoms with Crippen molar-refractivity contribution in [1.29, 1.82) is 0 Å². The molecule has 0 saturated carbocycles. The molecule has 0 aliphatic heterocycles. The van der Waals surface area contributed by atoms with Crippen LogP contribution in [0.25, 0.3) is 0 Å². The monoisotopic (exact) mass is 248 g/mol. The number of rotatable bonds is 3. The van der Waals surface area contributed by atoms with Gasteiger partial charge in [-0.3, -0.25) is 0 Å². The van der Waals surface area contributed by atoms with E-state index in [4.69, 9.17) is 10.3 Å². The maximum absolute atomic E-state index is 5.67. The van der Waals surface area contributed by atoms with E-state index in [2.05, 4.69) is 25.4 Å². The molecule has 3 N–H and O–H groups in total. The lowest BCUT2D eigenvalue weighted by molar-refractivity contribution is 0.387. The lowest BCUT2D eigenvalue weighted by Gasteiger charge is -2.17. The maximum Gasteiger partial charge on any atom is 0.228 e. The summed E-state index contributed by atoms with van der Waals surface area (Å²) in [4.78, 5) is 12.5. The van der Waals surface area contributed by atoms with Gasteiger partial charge in [0.05, 0.1) is 12.7 Å². The summed E-state index contributed by atoms with van der Waals surface area (Å²) in [6.45, 7) is 6.50. The summed E-state index contributed by atoms with van der Waals surface area (Å²) in [7, 11) is 0. The molecule has 0 aromatic carbocycles. The van der Waals surface area contributed by atoms with Crippen LogP contribution in [0.4, 0.5) is 11.9 Å². The fourth-order valence-corrected chi connectivity index (χ4v) is 1.31. The molecule has 96 valence electrons. The van der Waals surface area contributed by atoms with Crippen molar-refractivity contribution < 1.29 is 4.52 Å². The van der Waals surface area contributed by atoms with E-state index in [9.17, 15) is 0 Å². The smallest absolute Gasteiger partial charge is 0.228 e. The first-order valence-corrected chi connectivity index (χ1v) is 5.60. The average molecular weight is 248 g/mol. The van der Waals surface area contributed by atoms with Crippen LogP contribution in [0.1, 0.15) is 32.4 Å². The Morgan fingerprint density at radius 1 is 1.28 bits per heavy atom. The van der Waals surface area contributed by atoms with E-state index in [1.807, 2.05) is 20.8 Å². The Morgan fingerprint density at radius 3 is 2.67 bits per heavy atom. The summed E-state index contributed by atoms with van der Waals surface area (Å²) in [5.74, 6) is 1.99. The molecule has 2 aromatic rings. The van der Waals surface area contributed by atoms with Crippen LogP contribution < -0.4 is 11.1 Å². The lowest BCUT2D eigenvalue weighted by atomic mass is 9.96. The Balaban J connectivity index is 2.15. The summed E-state index contributed by atoms with van der Waals surface area (Å²) in [5, 5.41) is 6.64. The highest BCUT2D eigenvalue weighted by atomic mass is 16.5. The molecule has 0 radical (unpaired) electrons. The van der Waals surface area contributed by atoms with Crippen molar-refractivity contribution in [3.05, 3.63) is 23.8 Å². The normalized spacial score (nSPS) is 11.5. The van der Waals surface area contributed by atoms with E-state index in [0.717, 1.165) is 0 Å². The average Bonchev–Trinajstić information content (AvgIpc) is 2.77. The molecule has 0 spiro atoms. The molecule has 2 aromatic heterocycles. The van der Waals surface area contributed by atoms with Gasteiger partial charge in [0.15, 0.2) is 5.76 Å². The van der Waals surface area contributed by atoms with Gasteiger partial charge in [-0.2, -0.15) is 15.0 Å². The zero-order valence-corrected chi connectivity index (χ0v) is 10.6. The minimum Gasteiger partial charge on any atom is -0.368 e. The summed E-state index contributed by atoms with van der Waals surface area (Å²) in [6, 6.07) is 1.77. The van der Waals surface area contributed by atoms with Gasteiger partial charge in [0.25, 0.3) is 0 Å². The number of nitrogen functional groups attached to an aromatic ring is 1. The van der Waals surface area contributed by atoms with Crippen LogP contribution in [0.2, 0.25) is 0 Å². The minimum absolute atomic E-state index is 0.181. The first-order chi connectivity index (χ1) is 8.45. The third-order valence-electron chi connectivity index (χ3n) is 2.24. The number of nitrogens with one attached hydrogen (secondary N) is 1. The molecule has 0 aliphatic rings. The zero-order chi connectivity index (χ0) is 13.2. The van der Waals surface area contributed by atoms with Crippen molar-refractivity contribution in [2.75, 3.05) is 11.1 Å². The van der Waals surface area contributed by atoms with Crippen LogP contribution in [0.15, 0.2) is 16.8 Å². The van der Waals surface area contributed by atoms with Gasteiger partial charge in [-0.15, -0.1) is 0 Å². The lowest BCUT2D eigenvalue weighted by Crippen LogP contribution is -2.19. The summed E-state index contributed by atoms with van der Waals surface area (Å²) >= 11 is 0. The fourth-order valence-electron chi connectivity index (χ4n) is 1.31. The third-order valence-corrected chi connectivity index (χ3v) is 2.24. The molecular formula is C11H16N6O. The zero-order valence-electron chi connectivity index (χ0n) is 10.6. The first kappa shape index (κ1) is 12.3. The number of anilines is 2. The molecular weight excluding hydrogens is 232 g/mol. The largest absolute Gasteiger partial charge is 0.368 e. The summed E-state index contributed by atoms with van der Waals surface area (Å²) in [5.41, 5.74) is 5.49. The molecule has 0 amide bonds. The molecule has 0 fully saturated rings. The molecule has 2 heterocycles. The summed E-state index contributed by atoms with van der Waals surface area (Å²) < 4.78 is 4.97. The van der Waals surface area contributed by atoms with E-state index >= 15 is 0 Å². The number of aromatic nitrogens is 4. The van der Waals surface area contributed by atoms with Crippen molar-refractivity contribution in [3.8, 4) is 0 Å². The molecule has 0 bridgehead atoms. The molecule has 0 unspecified atom stereocenters. The van der Waals surface area contributed by atoms with E-state index < -0.39 is 0 Å². The van der Waals surface area contributed by atoms with Crippen LogP contribution in [-0.4, -0.2) is 20.1 Å². The van der Waals surface area contributed by atoms with Gasteiger partial charge >= 0.3 is 0 Å². The highest BCUT2D eigenvalue weighted by molar-refractivity contribution is 5.32. The van der Waals surface area contributed by atoms with Gasteiger partial charge in [0, 0.05) is 11.5 Å². The molecule has 0 atom stereocenters. The number of hydrogen-bond acceptors (Lipinski definition) is 7. The second-order valence-corrected chi connectivity index (χ2v) is 4.92. The van der Waals surface area contributed by atoms with E-state index in [0.29, 0.717) is 24.1 Å². The van der Waals surface area contributed by atoms with Gasteiger partial charge < -0.3 is 15.6 Å². The Hall–Kier alpha value is -2.18. The van der Waals surface area contributed by atoms with Gasteiger partial charge in [-0.1, -0.05) is 25.9 Å². The predicted octanol–water partition coefficient (Wildman–Crippen LogP) is 1.35. The number of hydrogen-bond donors (Lipinski definition) is 2. The van der Waals surface area contributed by atoms with Gasteiger partial charge in [0.2, 0.25) is 11.9 Å². The molecule has 2 rings (SSSR count). The quantitative estimate of drug-likeness (QED) is 0.845. The number of nitrogens with zero attached hydrogens (tertiary/aromatic N) is 4. The molecule has 0 aliphatic carbocycles. The number of nitrogens with two attached hydrogens (primary N) is 1. The Bertz CT molecular complexity index is 517. The maximum atomic E-state index is 5.67. The highest BCUT2D eigenvalue weighted by Crippen LogP contribution is 2.19. The Morgan fingerprint density at radius 2 is 2.06 bits per heavy atom. The van der Waals surface area contributed by atoms with Crippen LogP contribution >= 0.6 is 0 Å². The van der Waals surface area contributed by atoms with E-state index in [-0.39, 0.29) is 11.4 Å². The second-order valence-electron chi connectivity index (χ2n) is 4.92. The van der Waals surface area contributed by atoms with Crippen molar-refractivity contribution in [2.24, 2.45) is 0 Å². The topological polar surface area (TPSA) is 103 Å². The van der Waals surface area contributed by atoms with Gasteiger partial charge in [-0.05, 0) is 0 Å². The molecule has 18 heavy (non-hydrogen) atoms. The fraction of sp³-hybridized carbons (Fsp3) is 0.455. The van der Waals surface area contributed by atoms with Crippen LogP contribution in [-0.2, 0) is 12.0 Å². The summed E-state index contributed by atoms with van der Waals surface area (Å²) in [6.07, 6.45) is 1.58. The highest BCUT2D eigenvalue weighted by Gasteiger charge is 2.19. The first-order valence-electron chi connectivity index (χ1n) is 5.60. The standard InChI is InChI=1S/C11H16N6O/c1-11(2,3)8-15-9(12)17-10(16-8)13-6-7-4-5-14-18-7/h4-5H,6H2,1-3H3,(H3,12,13,15,16,17). The van der Waals surface area contributed by atoms with Crippen molar-refractivity contribution in [1.82, 2.24) is 20.1 Å². The molecule has 7 nitrogen and oxygen atoms in total. The van der Waals surface area contributed by atoms with E-state index in [1.54, 1.807) is 12.3 Å². The van der Waals surface area contributed by atoms with Crippen molar-refractivity contribution in [3.63, 3.8) is 0 Å².